The third-order valence-electron chi connectivity index (χ3n) is 3.13. The first-order valence-corrected chi connectivity index (χ1v) is 6.04. The van der Waals surface area contributed by atoms with E-state index in [0.717, 1.165) is 0 Å². The van der Waals surface area contributed by atoms with Gasteiger partial charge in [0.2, 0.25) is 0 Å². The summed E-state index contributed by atoms with van der Waals surface area (Å²) >= 11 is 0. The summed E-state index contributed by atoms with van der Waals surface area (Å²) < 4.78 is 5.34. The van der Waals surface area contributed by atoms with Gasteiger partial charge in [0, 0.05) is 11.6 Å². The van der Waals surface area contributed by atoms with Gasteiger partial charge >= 0.3 is 5.69 Å². The summed E-state index contributed by atoms with van der Waals surface area (Å²) in [5, 5.41) is 20.9. The molecule has 0 amide bonds. The van der Waals surface area contributed by atoms with E-state index in [1.807, 2.05) is 13.8 Å². The molecule has 1 aromatic rings. The Bertz CT molecular complexity index is 468. The Balaban J connectivity index is 2.98. The van der Waals surface area contributed by atoms with Crippen LogP contribution in [0.3, 0.4) is 0 Å². The Kier molecular flexibility index (Phi) is 5.00. The van der Waals surface area contributed by atoms with E-state index in [0.29, 0.717) is 19.1 Å². The number of nitro groups is 1. The number of hydrogen-bond acceptors (Lipinski definition) is 5. The van der Waals surface area contributed by atoms with Crippen LogP contribution in [-0.2, 0) is 0 Å². The average molecular weight is 267 g/mol. The van der Waals surface area contributed by atoms with Crippen LogP contribution in [0.1, 0.15) is 37.0 Å². The molecule has 0 aliphatic heterocycles. The fourth-order valence-corrected chi connectivity index (χ4v) is 1.54. The van der Waals surface area contributed by atoms with Crippen LogP contribution in [0.15, 0.2) is 18.2 Å². The highest BCUT2D eigenvalue weighted by Crippen LogP contribution is 2.29. The Hall–Kier alpha value is -1.95. The van der Waals surface area contributed by atoms with E-state index in [1.54, 1.807) is 0 Å². The number of carbonyl (C=O) groups is 1. The molecule has 1 N–H and O–H groups in total. The normalized spacial score (nSPS) is 11.1. The number of ether oxygens (including phenoxy) is 1. The van der Waals surface area contributed by atoms with E-state index in [1.165, 1.54) is 18.2 Å². The summed E-state index contributed by atoms with van der Waals surface area (Å²) in [6.45, 7) is 3.56. The predicted octanol–water partition coefficient (Wildman–Crippen LogP) is 2.34. The minimum atomic E-state index is -1.02. The quantitative estimate of drug-likeness (QED) is 0.465. The maximum absolute atomic E-state index is 10.9. The number of nitro benzene ring substituents is 1. The van der Waals surface area contributed by atoms with Gasteiger partial charge in [-0.3, -0.25) is 14.9 Å². The fourth-order valence-electron chi connectivity index (χ4n) is 1.54. The number of benzene rings is 1. The molecule has 0 bridgehead atoms. The van der Waals surface area contributed by atoms with Crippen molar-refractivity contribution in [3.8, 4) is 5.75 Å². The molecular weight excluding hydrogens is 250 g/mol. The van der Waals surface area contributed by atoms with E-state index in [2.05, 4.69) is 0 Å². The van der Waals surface area contributed by atoms with Crippen molar-refractivity contribution >= 4 is 12.0 Å². The van der Waals surface area contributed by atoms with Crippen LogP contribution >= 0.6 is 0 Å². The lowest BCUT2D eigenvalue weighted by Crippen LogP contribution is -2.34. The van der Waals surface area contributed by atoms with Crippen molar-refractivity contribution in [3.63, 3.8) is 0 Å². The second-order valence-electron chi connectivity index (χ2n) is 4.32. The predicted molar refractivity (Wildman–Crippen MR) is 69.5 cm³/mol. The lowest BCUT2D eigenvalue weighted by Gasteiger charge is -2.24. The van der Waals surface area contributed by atoms with Crippen LogP contribution in [0.5, 0.6) is 5.75 Å². The summed E-state index contributed by atoms with van der Waals surface area (Å²) in [5.41, 5.74) is -0.956. The zero-order valence-electron chi connectivity index (χ0n) is 11.0. The molecular formula is C13H17NO5. The highest BCUT2D eigenvalue weighted by atomic mass is 16.6. The zero-order chi connectivity index (χ0) is 14.5. The van der Waals surface area contributed by atoms with Crippen LogP contribution in [0.25, 0.3) is 0 Å². The Labute approximate surface area is 111 Å². The third-order valence-corrected chi connectivity index (χ3v) is 3.13. The zero-order valence-corrected chi connectivity index (χ0v) is 11.0. The number of aliphatic hydroxyl groups is 1. The van der Waals surface area contributed by atoms with Crippen molar-refractivity contribution in [2.75, 3.05) is 6.61 Å². The Morgan fingerprint density at radius 2 is 2.05 bits per heavy atom. The number of hydrogen-bond donors (Lipinski definition) is 1. The van der Waals surface area contributed by atoms with E-state index < -0.39 is 10.5 Å². The highest BCUT2D eigenvalue weighted by Gasteiger charge is 2.25. The third kappa shape index (κ3) is 3.75. The van der Waals surface area contributed by atoms with Gasteiger partial charge in [0.25, 0.3) is 0 Å². The second kappa shape index (κ2) is 6.29. The standard InChI is InChI=1S/C13H17NO5/c1-3-13(16,4-2)9-19-12-7-10(8-15)5-6-11(12)14(17)18/h5-8,16H,3-4,9H2,1-2H3. The SMILES string of the molecule is CCC(O)(CC)COc1cc(C=O)ccc1[N+](=O)[O-]. The fraction of sp³-hybridized carbons (Fsp3) is 0.462. The van der Waals surface area contributed by atoms with Crippen molar-refractivity contribution in [2.45, 2.75) is 32.3 Å². The van der Waals surface area contributed by atoms with Crippen LogP contribution < -0.4 is 4.74 Å². The smallest absolute Gasteiger partial charge is 0.310 e. The Morgan fingerprint density at radius 3 is 2.53 bits per heavy atom. The first kappa shape index (κ1) is 15.1. The van der Waals surface area contributed by atoms with Crippen LogP contribution in [-0.4, -0.2) is 28.5 Å². The number of rotatable bonds is 7. The average Bonchev–Trinajstić information content (AvgIpc) is 2.44. The minimum Gasteiger partial charge on any atom is -0.484 e. The van der Waals surface area contributed by atoms with Crippen molar-refractivity contribution in [2.24, 2.45) is 0 Å². The molecule has 0 saturated heterocycles. The first-order chi connectivity index (χ1) is 8.95. The molecule has 6 heteroatoms. The summed E-state index contributed by atoms with van der Waals surface area (Å²) in [6, 6.07) is 3.87. The molecule has 19 heavy (non-hydrogen) atoms. The lowest BCUT2D eigenvalue weighted by atomic mass is 9.99. The molecule has 6 nitrogen and oxygen atoms in total. The van der Waals surface area contributed by atoms with E-state index in [-0.39, 0.29) is 23.6 Å². The van der Waals surface area contributed by atoms with E-state index in [9.17, 15) is 20.0 Å². The van der Waals surface area contributed by atoms with Crippen molar-refractivity contribution in [1.29, 1.82) is 0 Å². The molecule has 104 valence electrons. The summed E-state index contributed by atoms with van der Waals surface area (Å²) in [6.07, 6.45) is 1.54. The molecule has 1 aromatic carbocycles. The van der Waals surface area contributed by atoms with Crippen LogP contribution in [0.4, 0.5) is 5.69 Å². The molecule has 0 saturated carbocycles. The maximum Gasteiger partial charge on any atom is 0.310 e. The summed E-state index contributed by atoms with van der Waals surface area (Å²) in [5.74, 6) is -0.00470. The molecule has 0 aliphatic rings. The van der Waals surface area contributed by atoms with Gasteiger partial charge in [-0.05, 0) is 25.0 Å². The number of aldehydes is 1. The molecule has 0 aliphatic carbocycles. The lowest BCUT2D eigenvalue weighted by molar-refractivity contribution is -0.386. The molecule has 0 fully saturated rings. The van der Waals surface area contributed by atoms with Crippen LogP contribution in [0.2, 0.25) is 0 Å². The monoisotopic (exact) mass is 267 g/mol. The van der Waals surface area contributed by atoms with Gasteiger partial charge in [0.05, 0.1) is 10.5 Å². The first-order valence-electron chi connectivity index (χ1n) is 6.04. The van der Waals surface area contributed by atoms with Gasteiger partial charge in [0.15, 0.2) is 5.75 Å². The minimum absolute atomic E-state index is 0.00470. The molecule has 0 heterocycles. The van der Waals surface area contributed by atoms with Gasteiger partial charge < -0.3 is 9.84 Å². The van der Waals surface area contributed by atoms with E-state index >= 15 is 0 Å². The summed E-state index contributed by atoms with van der Waals surface area (Å²) in [7, 11) is 0. The number of nitrogens with zero attached hydrogens (tertiary/aromatic N) is 1. The van der Waals surface area contributed by atoms with Gasteiger partial charge in [-0.15, -0.1) is 0 Å². The molecule has 1 rings (SSSR count). The number of carbonyl (C=O) groups excluding carboxylic acids is 1. The van der Waals surface area contributed by atoms with Gasteiger partial charge in [-0.2, -0.15) is 0 Å². The second-order valence-corrected chi connectivity index (χ2v) is 4.32. The Morgan fingerprint density at radius 1 is 1.42 bits per heavy atom. The van der Waals surface area contributed by atoms with Crippen molar-refractivity contribution < 1.29 is 19.6 Å². The van der Waals surface area contributed by atoms with E-state index in [4.69, 9.17) is 4.74 Å². The summed E-state index contributed by atoms with van der Waals surface area (Å²) in [4.78, 5) is 21.0. The van der Waals surface area contributed by atoms with Crippen molar-refractivity contribution in [3.05, 3.63) is 33.9 Å². The molecule has 0 radical (unpaired) electrons. The van der Waals surface area contributed by atoms with Crippen molar-refractivity contribution in [1.82, 2.24) is 0 Å². The molecule has 0 atom stereocenters. The topological polar surface area (TPSA) is 89.7 Å². The largest absolute Gasteiger partial charge is 0.484 e. The van der Waals surface area contributed by atoms with Gasteiger partial charge in [-0.25, -0.2) is 0 Å². The molecule has 0 unspecified atom stereocenters. The van der Waals surface area contributed by atoms with Gasteiger partial charge in [0.1, 0.15) is 12.9 Å². The molecule has 0 spiro atoms. The van der Waals surface area contributed by atoms with Gasteiger partial charge in [-0.1, -0.05) is 13.8 Å². The molecule has 0 aromatic heterocycles. The highest BCUT2D eigenvalue weighted by molar-refractivity contribution is 5.76. The maximum atomic E-state index is 10.9. The van der Waals surface area contributed by atoms with Crippen LogP contribution in [0, 0.1) is 10.1 Å².